The molecule has 1 amide bonds. The molecular formula is C24H21FN4O5S. The van der Waals surface area contributed by atoms with Crippen LogP contribution in [0, 0.1) is 5.82 Å². The summed E-state index contributed by atoms with van der Waals surface area (Å²) in [4.78, 5) is 37.6. The molecule has 0 saturated carbocycles. The summed E-state index contributed by atoms with van der Waals surface area (Å²) < 4.78 is 44.6. The van der Waals surface area contributed by atoms with E-state index >= 15 is 0 Å². The van der Waals surface area contributed by atoms with Gasteiger partial charge in [-0.15, -0.1) is 0 Å². The number of hydrogen-bond acceptors (Lipinski definition) is 5. The van der Waals surface area contributed by atoms with Gasteiger partial charge in [0.15, 0.2) is 0 Å². The average molecular weight is 497 g/mol. The molecule has 0 bridgehead atoms. The fourth-order valence-electron chi connectivity index (χ4n) is 3.66. The van der Waals surface area contributed by atoms with Crippen LogP contribution in [0.5, 0.6) is 0 Å². The molecular weight excluding hydrogens is 475 g/mol. The van der Waals surface area contributed by atoms with Crippen LogP contribution >= 0.6 is 0 Å². The molecule has 0 spiro atoms. The van der Waals surface area contributed by atoms with Crippen LogP contribution in [0.4, 0.5) is 10.1 Å². The highest BCUT2D eigenvalue weighted by molar-refractivity contribution is 7.89. The number of fused-ring (bicyclic) bond motifs is 1. The highest BCUT2D eigenvalue weighted by Crippen LogP contribution is 2.22. The number of carbonyl (C=O) groups is 1. The van der Waals surface area contributed by atoms with Crippen molar-refractivity contribution >= 4 is 32.5 Å². The van der Waals surface area contributed by atoms with Gasteiger partial charge in [-0.2, -0.15) is 4.72 Å². The molecule has 0 aliphatic rings. The predicted molar refractivity (Wildman–Crippen MR) is 129 cm³/mol. The lowest BCUT2D eigenvalue weighted by Gasteiger charge is -2.19. The quantitative estimate of drug-likeness (QED) is 0.423. The van der Waals surface area contributed by atoms with E-state index in [2.05, 4.69) is 10.0 Å². The standard InChI is InChI=1S/C24H21FN4O5S/c1-28-20-12-11-18(14-19(20)23(31)29(2)24(28)32)35(33,34)27-21(15-7-4-3-5-8-15)22(30)26-17-10-6-9-16(25)13-17/h3-14,21,27H,1-2H3,(H,26,30)/t21-/m0/s1. The van der Waals surface area contributed by atoms with Crippen molar-refractivity contribution in [3.05, 3.63) is 105 Å². The first kappa shape index (κ1) is 24.0. The summed E-state index contributed by atoms with van der Waals surface area (Å²) >= 11 is 0. The summed E-state index contributed by atoms with van der Waals surface area (Å²) in [5.74, 6) is -1.30. The Morgan fingerprint density at radius 1 is 0.914 bits per heavy atom. The number of hydrogen-bond donors (Lipinski definition) is 2. The maximum Gasteiger partial charge on any atom is 0.330 e. The average Bonchev–Trinajstić information content (AvgIpc) is 2.85. The minimum atomic E-state index is -4.32. The monoisotopic (exact) mass is 496 g/mol. The number of aryl methyl sites for hydroxylation is 1. The third kappa shape index (κ3) is 4.77. The first-order valence-electron chi connectivity index (χ1n) is 10.4. The molecule has 1 atom stereocenters. The van der Waals surface area contributed by atoms with Crippen molar-refractivity contribution in [2.45, 2.75) is 10.9 Å². The molecule has 0 aliphatic heterocycles. The van der Waals surface area contributed by atoms with Crippen molar-refractivity contribution in [2.24, 2.45) is 14.1 Å². The number of aromatic nitrogens is 2. The van der Waals surface area contributed by atoms with Gasteiger partial charge in [-0.25, -0.2) is 17.6 Å². The Hall–Kier alpha value is -4.09. The van der Waals surface area contributed by atoms with Crippen molar-refractivity contribution in [3.63, 3.8) is 0 Å². The van der Waals surface area contributed by atoms with Gasteiger partial charge in [0, 0.05) is 19.8 Å². The summed E-state index contributed by atoms with van der Waals surface area (Å²) in [6.07, 6.45) is 0. The van der Waals surface area contributed by atoms with E-state index in [1.54, 1.807) is 30.3 Å². The van der Waals surface area contributed by atoms with Crippen LogP contribution < -0.4 is 21.3 Å². The zero-order valence-electron chi connectivity index (χ0n) is 18.7. The number of rotatable bonds is 6. The zero-order valence-corrected chi connectivity index (χ0v) is 19.5. The maximum atomic E-state index is 13.6. The molecule has 1 aromatic heterocycles. The molecule has 180 valence electrons. The van der Waals surface area contributed by atoms with E-state index in [0.717, 1.165) is 16.7 Å². The smallest absolute Gasteiger partial charge is 0.324 e. The Morgan fingerprint density at radius 3 is 2.31 bits per heavy atom. The van der Waals surface area contributed by atoms with E-state index in [4.69, 9.17) is 0 Å². The summed E-state index contributed by atoms with van der Waals surface area (Å²) in [5, 5.41) is 2.54. The molecule has 0 saturated heterocycles. The van der Waals surface area contributed by atoms with Crippen LogP contribution in [-0.2, 0) is 28.9 Å². The van der Waals surface area contributed by atoms with E-state index in [1.165, 1.54) is 49.0 Å². The number of halogens is 1. The number of carbonyl (C=O) groups excluding carboxylic acids is 1. The van der Waals surface area contributed by atoms with Crippen molar-refractivity contribution in [3.8, 4) is 0 Å². The van der Waals surface area contributed by atoms with Crippen LogP contribution in [0.15, 0.2) is 87.3 Å². The summed E-state index contributed by atoms with van der Waals surface area (Å²) in [6, 6.07) is 15.8. The highest BCUT2D eigenvalue weighted by Gasteiger charge is 2.28. The van der Waals surface area contributed by atoms with Crippen LogP contribution in [0.1, 0.15) is 11.6 Å². The molecule has 1 heterocycles. The van der Waals surface area contributed by atoms with E-state index in [9.17, 15) is 27.2 Å². The molecule has 0 aliphatic carbocycles. The SMILES string of the molecule is Cn1c(=O)c2cc(S(=O)(=O)N[C@H](C(=O)Nc3cccc(F)c3)c3ccccc3)ccc2n(C)c1=O. The molecule has 3 aromatic carbocycles. The number of sulfonamides is 1. The Labute approximate surface area is 199 Å². The second-order valence-electron chi connectivity index (χ2n) is 7.85. The van der Waals surface area contributed by atoms with Gasteiger partial charge in [0.1, 0.15) is 11.9 Å². The Bertz CT molecular complexity index is 1660. The van der Waals surface area contributed by atoms with Crippen molar-refractivity contribution in [1.82, 2.24) is 13.9 Å². The molecule has 4 aromatic rings. The van der Waals surface area contributed by atoms with Crippen molar-refractivity contribution in [1.29, 1.82) is 0 Å². The Morgan fingerprint density at radius 2 is 1.63 bits per heavy atom. The topological polar surface area (TPSA) is 119 Å². The van der Waals surface area contributed by atoms with Crippen LogP contribution in [0.3, 0.4) is 0 Å². The second-order valence-corrected chi connectivity index (χ2v) is 9.56. The van der Waals surface area contributed by atoms with Gasteiger partial charge in [-0.1, -0.05) is 36.4 Å². The van der Waals surface area contributed by atoms with E-state index in [1.807, 2.05) is 0 Å². The van der Waals surface area contributed by atoms with E-state index in [0.29, 0.717) is 5.56 Å². The molecule has 0 fully saturated rings. The summed E-state index contributed by atoms with van der Waals surface area (Å²) in [7, 11) is -1.55. The van der Waals surface area contributed by atoms with E-state index < -0.39 is 39.0 Å². The van der Waals surface area contributed by atoms with Crippen molar-refractivity contribution < 1.29 is 17.6 Å². The minimum absolute atomic E-state index is 0.0259. The molecule has 0 unspecified atom stereocenters. The summed E-state index contributed by atoms with van der Waals surface area (Å²) in [5.41, 5.74) is -0.423. The van der Waals surface area contributed by atoms with E-state index in [-0.39, 0.29) is 21.5 Å². The Kier molecular flexibility index (Phi) is 6.37. The second kappa shape index (κ2) is 9.28. The van der Waals surface area contributed by atoms with Gasteiger partial charge in [0.2, 0.25) is 15.9 Å². The van der Waals surface area contributed by atoms with Crippen molar-refractivity contribution in [2.75, 3.05) is 5.32 Å². The maximum absolute atomic E-state index is 13.6. The third-order valence-electron chi connectivity index (χ3n) is 5.51. The highest BCUT2D eigenvalue weighted by atomic mass is 32.2. The van der Waals surface area contributed by atoms with Crippen LogP contribution in [-0.4, -0.2) is 23.5 Å². The Balaban J connectivity index is 1.75. The largest absolute Gasteiger partial charge is 0.330 e. The fourth-order valence-corrected chi connectivity index (χ4v) is 4.87. The first-order valence-corrected chi connectivity index (χ1v) is 11.9. The molecule has 4 rings (SSSR count). The number of benzene rings is 3. The normalized spacial score (nSPS) is 12.4. The molecule has 2 N–H and O–H groups in total. The van der Waals surface area contributed by atoms with Crippen LogP contribution in [0.2, 0.25) is 0 Å². The van der Waals surface area contributed by atoms with Gasteiger partial charge in [0.25, 0.3) is 5.56 Å². The van der Waals surface area contributed by atoms with Gasteiger partial charge in [-0.05, 0) is 42.0 Å². The number of amides is 1. The molecule has 0 radical (unpaired) electrons. The van der Waals surface area contributed by atoms with Crippen LogP contribution in [0.25, 0.3) is 10.9 Å². The lowest BCUT2D eigenvalue weighted by atomic mass is 10.1. The third-order valence-corrected chi connectivity index (χ3v) is 6.93. The molecule has 9 nitrogen and oxygen atoms in total. The van der Waals surface area contributed by atoms with Gasteiger partial charge in [-0.3, -0.25) is 18.7 Å². The molecule has 11 heteroatoms. The first-order chi connectivity index (χ1) is 16.6. The van der Waals surface area contributed by atoms with Gasteiger partial charge < -0.3 is 5.32 Å². The zero-order chi connectivity index (χ0) is 25.3. The van der Waals surface area contributed by atoms with Gasteiger partial charge in [0.05, 0.1) is 15.8 Å². The number of nitrogens with one attached hydrogen (secondary N) is 2. The van der Waals surface area contributed by atoms with Gasteiger partial charge >= 0.3 is 5.69 Å². The number of anilines is 1. The number of nitrogens with zero attached hydrogens (tertiary/aromatic N) is 2. The summed E-state index contributed by atoms with van der Waals surface area (Å²) in [6.45, 7) is 0. The fraction of sp³-hybridized carbons (Fsp3) is 0.125. The molecule has 35 heavy (non-hydrogen) atoms. The minimum Gasteiger partial charge on any atom is -0.324 e. The lowest BCUT2D eigenvalue weighted by molar-refractivity contribution is -0.117. The lowest BCUT2D eigenvalue weighted by Crippen LogP contribution is -2.38. The predicted octanol–water partition coefficient (Wildman–Crippen LogP) is 2.03.